The molecule has 0 aliphatic carbocycles. The lowest BCUT2D eigenvalue weighted by atomic mass is 9.67. The van der Waals surface area contributed by atoms with Crippen molar-refractivity contribution < 1.29 is 32.6 Å². The first-order valence-electron chi connectivity index (χ1n) is 8.31. The Balaban J connectivity index is 1.81. The van der Waals surface area contributed by atoms with Crippen LogP contribution >= 0.6 is 0 Å². The molecule has 0 spiro atoms. The molecule has 2 amide bonds. The summed E-state index contributed by atoms with van der Waals surface area (Å²) in [5, 5.41) is 19.2. The van der Waals surface area contributed by atoms with Gasteiger partial charge in [0.1, 0.15) is 5.60 Å². The molecule has 3 aliphatic rings. The minimum atomic E-state index is -4.81. The van der Waals surface area contributed by atoms with Gasteiger partial charge in [-0.05, 0) is 32.0 Å². The molecular formula is C18H15F3N2O4. The minimum Gasteiger partial charge on any atom is -0.390 e. The number of hydrogen-bond acceptors (Lipinski definition) is 5. The predicted molar refractivity (Wildman–Crippen MR) is 84.2 cm³/mol. The van der Waals surface area contributed by atoms with Gasteiger partial charge in [0.05, 0.1) is 46.4 Å². The Morgan fingerprint density at radius 1 is 1.26 bits per heavy atom. The number of alkyl halides is 3. The second-order valence-corrected chi connectivity index (χ2v) is 7.63. The first kappa shape index (κ1) is 17.9. The van der Waals surface area contributed by atoms with Crippen LogP contribution in [0.2, 0.25) is 0 Å². The Morgan fingerprint density at radius 3 is 2.48 bits per heavy atom. The van der Waals surface area contributed by atoms with E-state index in [2.05, 4.69) is 0 Å². The van der Waals surface area contributed by atoms with Gasteiger partial charge in [0.25, 0.3) is 0 Å². The minimum absolute atomic E-state index is 0.165. The van der Waals surface area contributed by atoms with Gasteiger partial charge < -0.3 is 9.84 Å². The number of nitriles is 1. The number of aliphatic hydroxyl groups excluding tert-OH is 1. The number of benzene rings is 1. The molecular weight excluding hydrogens is 365 g/mol. The van der Waals surface area contributed by atoms with E-state index in [0.717, 1.165) is 17.0 Å². The second kappa shape index (κ2) is 5.09. The summed E-state index contributed by atoms with van der Waals surface area (Å²) in [4.78, 5) is 26.6. The molecule has 3 heterocycles. The van der Waals surface area contributed by atoms with Gasteiger partial charge in [-0.2, -0.15) is 18.4 Å². The third-order valence-electron chi connectivity index (χ3n) is 5.98. The van der Waals surface area contributed by atoms with Crippen LogP contribution in [0.5, 0.6) is 0 Å². The zero-order valence-electron chi connectivity index (χ0n) is 14.4. The van der Waals surface area contributed by atoms with E-state index in [4.69, 9.17) is 10.00 Å². The van der Waals surface area contributed by atoms with Crippen molar-refractivity contribution in [1.29, 1.82) is 5.26 Å². The average molecular weight is 380 g/mol. The van der Waals surface area contributed by atoms with Gasteiger partial charge in [-0.3, -0.25) is 9.59 Å². The second-order valence-electron chi connectivity index (χ2n) is 7.63. The highest BCUT2D eigenvalue weighted by Crippen LogP contribution is 2.61. The third kappa shape index (κ3) is 2.14. The number of rotatable bonds is 1. The lowest BCUT2D eigenvalue weighted by Crippen LogP contribution is -2.49. The summed E-state index contributed by atoms with van der Waals surface area (Å²) in [7, 11) is 0. The fourth-order valence-electron chi connectivity index (χ4n) is 4.78. The fraction of sp³-hybridized carbons (Fsp3) is 0.500. The number of aliphatic hydroxyl groups is 1. The molecule has 2 bridgehead atoms. The molecule has 6 nitrogen and oxygen atoms in total. The summed E-state index contributed by atoms with van der Waals surface area (Å²) < 4.78 is 45.6. The molecule has 1 aromatic rings. The van der Waals surface area contributed by atoms with Gasteiger partial charge >= 0.3 is 6.18 Å². The molecule has 3 fully saturated rings. The number of hydrogen-bond donors (Lipinski definition) is 1. The number of carbonyl (C=O) groups excluding carboxylic acids is 2. The zero-order chi connectivity index (χ0) is 19.9. The molecule has 27 heavy (non-hydrogen) atoms. The quantitative estimate of drug-likeness (QED) is 0.753. The Morgan fingerprint density at radius 2 is 1.89 bits per heavy atom. The highest BCUT2D eigenvalue weighted by Gasteiger charge is 2.75. The molecule has 1 N–H and O–H groups in total. The molecule has 0 aromatic heterocycles. The highest BCUT2D eigenvalue weighted by molar-refractivity contribution is 6.23. The monoisotopic (exact) mass is 380 g/mol. The van der Waals surface area contributed by atoms with E-state index in [-0.39, 0.29) is 12.1 Å². The molecule has 1 unspecified atom stereocenters. The van der Waals surface area contributed by atoms with Crippen molar-refractivity contribution in [3.8, 4) is 6.07 Å². The maximum atomic E-state index is 13.2. The van der Waals surface area contributed by atoms with Crippen LogP contribution in [0.4, 0.5) is 18.9 Å². The summed E-state index contributed by atoms with van der Waals surface area (Å²) in [6, 6.07) is 4.19. The van der Waals surface area contributed by atoms with Crippen LogP contribution < -0.4 is 4.90 Å². The summed E-state index contributed by atoms with van der Waals surface area (Å²) in [5.41, 5.74) is -4.37. The maximum Gasteiger partial charge on any atom is 0.417 e. The van der Waals surface area contributed by atoms with E-state index in [9.17, 15) is 27.9 Å². The van der Waals surface area contributed by atoms with Crippen molar-refractivity contribution in [2.24, 2.45) is 11.8 Å². The van der Waals surface area contributed by atoms with E-state index in [1.807, 2.05) is 0 Å². The summed E-state index contributed by atoms with van der Waals surface area (Å²) in [6.07, 6.45) is -5.59. The zero-order valence-corrected chi connectivity index (χ0v) is 14.4. The van der Waals surface area contributed by atoms with Gasteiger partial charge in [-0.1, -0.05) is 0 Å². The molecule has 0 radical (unpaired) electrons. The number of amides is 2. The van der Waals surface area contributed by atoms with Crippen LogP contribution in [-0.2, 0) is 20.5 Å². The molecule has 5 atom stereocenters. The largest absolute Gasteiger partial charge is 0.417 e. The SMILES string of the molecule is C[C@]12CC(O)[C@](C)(O1)[C@@H]1C(=O)N(c3ccc(C#N)c(C(F)(F)F)c3)C(=O)[C@@H]12. The Labute approximate surface area is 152 Å². The van der Waals surface area contributed by atoms with Crippen molar-refractivity contribution in [3.05, 3.63) is 29.3 Å². The molecule has 0 saturated carbocycles. The first-order chi connectivity index (χ1) is 12.4. The fourth-order valence-corrected chi connectivity index (χ4v) is 4.78. The summed E-state index contributed by atoms with van der Waals surface area (Å²) in [6.45, 7) is 3.17. The predicted octanol–water partition coefficient (Wildman–Crippen LogP) is 1.99. The van der Waals surface area contributed by atoms with Crippen molar-refractivity contribution >= 4 is 17.5 Å². The van der Waals surface area contributed by atoms with Crippen molar-refractivity contribution in [2.75, 3.05) is 4.90 Å². The summed E-state index contributed by atoms with van der Waals surface area (Å²) >= 11 is 0. The molecule has 3 saturated heterocycles. The first-order valence-corrected chi connectivity index (χ1v) is 8.31. The van der Waals surface area contributed by atoms with Crippen LogP contribution in [0.3, 0.4) is 0 Å². The Hall–Kier alpha value is -2.44. The van der Waals surface area contributed by atoms with E-state index in [0.29, 0.717) is 6.07 Å². The van der Waals surface area contributed by atoms with E-state index < -0.39 is 58.3 Å². The van der Waals surface area contributed by atoms with Crippen LogP contribution in [0.15, 0.2) is 18.2 Å². The number of ether oxygens (including phenoxy) is 1. The molecule has 9 heteroatoms. The normalized spacial score (nSPS) is 37.7. The maximum absolute atomic E-state index is 13.2. The highest BCUT2D eigenvalue weighted by atomic mass is 19.4. The van der Waals surface area contributed by atoms with Crippen molar-refractivity contribution in [1.82, 2.24) is 0 Å². The third-order valence-corrected chi connectivity index (χ3v) is 5.98. The number of fused-ring (bicyclic) bond motifs is 5. The number of imide groups is 1. The van der Waals surface area contributed by atoms with Crippen LogP contribution in [0.1, 0.15) is 31.4 Å². The standard InChI is InChI=1S/C18H15F3N2O4/c1-16-6-11(24)17(2,27-16)13-12(16)14(25)23(15(13)26)9-4-3-8(7-22)10(5-9)18(19,20)21/h3-5,11-13,24H,6H2,1-2H3/t11?,12-,13+,16-,17+/m1/s1. The smallest absolute Gasteiger partial charge is 0.390 e. The van der Waals surface area contributed by atoms with Crippen LogP contribution in [0.25, 0.3) is 0 Å². The van der Waals surface area contributed by atoms with Gasteiger partial charge in [0.15, 0.2) is 0 Å². The van der Waals surface area contributed by atoms with Gasteiger partial charge in [0.2, 0.25) is 11.8 Å². The van der Waals surface area contributed by atoms with Crippen LogP contribution in [-0.4, -0.2) is 34.2 Å². The molecule has 142 valence electrons. The van der Waals surface area contributed by atoms with Crippen molar-refractivity contribution in [3.63, 3.8) is 0 Å². The van der Waals surface area contributed by atoms with Gasteiger partial charge in [-0.15, -0.1) is 0 Å². The number of halogens is 3. The number of anilines is 1. The van der Waals surface area contributed by atoms with Gasteiger partial charge in [-0.25, -0.2) is 4.90 Å². The van der Waals surface area contributed by atoms with E-state index in [1.165, 1.54) is 6.07 Å². The van der Waals surface area contributed by atoms with Gasteiger partial charge in [0, 0.05) is 6.42 Å². The van der Waals surface area contributed by atoms with E-state index >= 15 is 0 Å². The Bertz CT molecular complexity index is 924. The summed E-state index contributed by atoms with van der Waals surface area (Å²) in [5.74, 6) is -3.19. The lowest BCUT2D eigenvalue weighted by Gasteiger charge is -2.31. The molecule has 4 rings (SSSR count). The number of carbonyl (C=O) groups is 2. The Kier molecular flexibility index (Phi) is 3.38. The topological polar surface area (TPSA) is 90.6 Å². The lowest BCUT2D eigenvalue weighted by molar-refractivity contribution is -0.138. The van der Waals surface area contributed by atoms with Crippen molar-refractivity contribution in [2.45, 2.75) is 43.8 Å². The van der Waals surface area contributed by atoms with Crippen LogP contribution in [0, 0.1) is 23.2 Å². The number of nitrogens with zero attached hydrogens (tertiary/aromatic N) is 2. The van der Waals surface area contributed by atoms with E-state index in [1.54, 1.807) is 13.8 Å². The average Bonchev–Trinajstić information content (AvgIpc) is 3.07. The molecule has 1 aromatic carbocycles. The molecule has 3 aliphatic heterocycles.